The second kappa shape index (κ2) is 7.61. The molecule has 1 fully saturated rings. The SMILES string of the molecule is Cc1cn2nc(-c3nnc4cc(C5CCNCC5)cc(F)c4n3)cc(C)c2n1.Cl. The van der Waals surface area contributed by atoms with Gasteiger partial charge in [-0.2, -0.15) is 5.10 Å². The average Bonchev–Trinajstić information content (AvgIpc) is 3.09. The molecule has 1 aliphatic rings. The van der Waals surface area contributed by atoms with Crippen LogP contribution in [0, 0.1) is 19.7 Å². The smallest absolute Gasteiger partial charge is 0.202 e. The van der Waals surface area contributed by atoms with Crippen LogP contribution in [0.25, 0.3) is 28.2 Å². The van der Waals surface area contributed by atoms with Crippen LogP contribution >= 0.6 is 12.4 Å². The maximum Gasteiger partial charge on any atom is 0.202 e. The van der Waals surface area contributed by atoms with Crippen LogP contribution in [0.3, 0.4) is 0 Å². The topological polar surface area (TPSA) is 80.9 Å². The number of halogens is 2. The molecule has 0 spiro atoms. The third kappa shape index (κ3) is 3.54. The molecule has 4 heterocycles. The van der Waals surface area contributed by atoms with Crippen molar-refractivity contribution in [2.24, 2.45) is 0 Å². The quantitative estimate of drug-likeness (QED) is 0.542. The Morgan fingerprint density at radius 2 is 1.86 bits per heavy atom. The van der Waals surface area contributed by atoms with Crippen molar-refractivity contribution in [2.45, 2.75) is 32.6 Å². The number of imidazole rings is 1. The minimum Gasteiger partial charge on any atom is -0.317 e. The normalized spacial score (nSPS) is 15.0. The van der Waals surface area contributed by atoms with Crippen LogP contribution in [-0.4, -0.2) is 42.9 Å². The van der Waals surface area contributed by atoms with Gasteiger partial charge in [-0.15, -0.1) is 22.6 Å². The Kier molecular flexibility index (Phi) is 5.14. The number of aryl methyl sites for hydroxylation is 2. The summed E-state index contributed by atoms with van der Waals surface area (Å²) in [6.07, 6.45) is 3.83. The molecule has 1 aromatic carbocycles. The zero-order chi connectivity index (χ0) is 19.3. The van der Waals surface area contributed by atoms with Gasteiger partial charge in [-0.3, -0.25) is 0 Å². The molecule has 0 saturated carbocycles. The lowest BCUT2D eigenvalue weighted by Gasteiger charge is -2.23. The van der Waals surface area contributed by atoms with Crippen molar-refractivity contribution in [2.75, 3.05) is 13.1 Å². The number of aromatic nitrogens is 6. The van der Waals surface area contributed by atoms with Gasteiger partial charge >= 0.3 is 0 Å². The molecule has 1 saturated heterocycles. The lowest BCUT2D eigenvalue weighted by Crippen LogP contribution is -2.26. The molecule has 0 amide bonds. The Hall–Kier alpha value is -2.71. The van der Waals surface area contributed by atoms with E-state index in [0.29, 0.717) is 23.0 Å². The van der Waals surface area contributed by atoms with Gasteiger partial charge in [-0.1, -0.05) is 0 Å². The second-order valence-electron chi connectivity index (χ2n) is 7.39. The molecule has 1 N–H and O–H groups in total. The maximum atomic E-state index is 14.9. The lowest BCUT2D eigenvalue weighted by molar-refractivity contribution is 0.459. The van der Waals surface area contributed by atoms with E-state index < -0.39 is 0 Å². The van der Waals surface area contributed by atoms with E-state index in [1.165, 1.54) is 0 Å². The highest BCUT2D eigenvalue weighted by molar-refractivity contribution is 5.85. The zero-order valence-electron chi connectivity index (χ0n) is 16.2. The van der Waals surface area contributed by atoms with Gasteiger partial charge in [0.15, 0.2) is 11.5 Å². The number of hydrogen-bond acceptors (Lipinski definition) is 6. The van der Waals surface area contributed by atoms with Crippen molar-refractivity contribution in [3.8, 4) is 11.5 Å². The first kappa shape index (κ1) is 19.6. The fourth-order valence-corrected chi connectivity index (χ4v) is 3.87. The van der Waals surface area contributed by atoms with Crippen molar-refractivity contribution in [1.29, 1.82) is 0 Å². The number of fused-ring (bicyclic) bond motifs is 2. The van der Waals surface area contributed by atoms with Crippen LogP contribution in [0.5, 0.6) is 0 Å². The number of nitrogens with one attached hydrogen (secondary N) is 1. The maximum absolute atomic E-state index is 14.9. The molecule has 0 atom stereocenters. The van der Waals surface area contributed by atoms with E-state index in [4.69, 9.17) is 0 Å². The Bertz CT molecular complexity index is 1200. The molecule has 5 rings (SSSR count). The van der Waals surface area contributed by atoms with Crippen LogP contribution in [-0.2, 0) is 0 Å². The van der Waals surface area contributed by atoms with Crippen molar-refractivity contribution in [1.82, 2.24) is 35.1 Å². The monoisotopic (exact) mass is 413 g/mol. The summed E-state index contributed by atoms with van der Waals surface area (Å²) in [5.41, 5.74) is 4.83. The van der Waals surface area contributed by atoms with E-state index in [1.54, 1.807) is 10.6 Å². The number of hydrogen-bond donors (Lipinski definition) is 1. The molecular weight excluding hydrogens is 393 g/mol. The average molecular weight is 414 g/mol. The van der Waals surface area contributed by atoms with Crippen LogP contribution in [0.2, 0.25) is 0 Å². The predicted octanol–water partition coefficient (Wildman–Crippen LogP) is 3.38. The Morgan fingerprint density at radius 3 is 2.66 bits per heavy atom. The first-order valence-electron chi connectivity index (χ1n) is 9.47. The van der Waals surface area contributed by atoms with E-state index in [9.17, 15) is 4.39 Å². The lowest BCUT2D eigenvalue weighted by atomic mass is 9.90. The van der Waals surface area contributed by atoms with Crippen LogP contribution in [0.4, 0.5) is 4.39 Å². The molecule has 7 nitrogen and oxygen atoms in total. The van der Waals surface area contributed by atoms with Gasteiger partial charge in [-0.25, -0.2) is 18.9 Å². The van der Waals surface area contributed by atoms with Crippen molar-refractivity contribution >= 4 is 29.1 Å². The van der Waals surface area contributed by atoms with Gasteiger partial charge in [0.2, 0.25) is 5.82 Å². The molecular formula is C20H21ClFN7. The number of piperidine rings is 1. The van der Waals surface area contributed by atoms with Crippen LogP contribution < -0.4 is 5.32 Å². The fourth-order valence-electron chi connectivity index (χ4n) is 3.87. The minimum absolute atomic E-state index is 0. The van der Waals surface area contributed by atoms with Gasteiger partial charge in [0, 0.05) is 0 Å². The van der Waals surface area contributed by atoms with E-state index in [2.05, 4.69) is 30.6 Å². The standard InChI is InChI=1S/C20H20FN7.ClH/c1-11-7-17(27-28-10-12(2)23-20(11)28)19-24-18-15(21)8-14(9-16(18)25-26-19)13-3-5-22-6-4-13;/h7-10,13,22H,3-6H2,1-2H3;1H. The molecule has 150 valence electrons. The van der Waals surface area contributed by atoms with Crippen molar-refractivity contribution in [3.63, 3.8) is 0 Å². The summed E-state index contributed by atoms with van der Waals surface area (Å²) in [6.45, 7) is 5.77. The highest BCUT2D eigenvalue weighted by atomic mass is 35.5. The molecule has 0 aliphatic carbocycles. The van der Waals surface area contributed by atoms with E-state index in [-0.39, 0.29) is 23.7 Å². The number of rotatable bonds is 2. The predicted molar refractivity (Wildman–Crippen MR) is 111 cm³/mol. The summed E-state index contributed by atoms with van der Waals surface area (Å²) in [5, 5.41) is 16.3. The van der Waals surface area contributed by atoms with Gasteiger partial charge in [0.05, 0.1) is 11.9 Å². The molecule has 0 bridgehead atoms. The highest BCUT2D eigenvalue weighted by Crippen LogP contribution is 2.29. The number of nitrogens with zero attached hydrogens (tertiary/aromatic N) is 6. The van der Waals surface area contributed by atoms with Gasteiger partial charge in [0.25, 0.3) is 0 Å². The second-order valence-corrected chi connectivity index (χ2v) is 7.39. The van der Waals surface area contributed by atoms with Crippen molar-refractivity contribution in [3.05, 3.63) is 47.0 Å². The molecule has 3 aromatic heterocycles. The van der Waals surface area contributed by atoms with Crippen molar-refractivity contribution < 1.29 is 4.39 Å². The molecule has 0 unspecified atom stereocenters. The molecule has 29 heavy (non-hydrogen) atoms. The van der Waals surface area contributed by atoms with E-state index >= 15 is 0 Å². The molecule has 9 heteroatoms. The first-order valence-corrected chi connectivity index (χ1v) is 9.47. The van der Waals surface area contributed by atoms with Gasteiger partial charge < -0.3 is 5.32 Å². The molecule has 1 aliphatic heterocycles. The van der Waals surface area contributed by atoms with Crippen LogP contribution in [0.1, 0.15) is 35.6 Å². The summed E-state index contributed by atoms with van der Waals surface area (Å²) in [7, 11) is 0. The minimum atomic E-state index is -0.363. The summed E-state index contributed by atoms with van der Waals surface area (Å²) in [6, 6.07) is 5.36. The first-order chi connectivity index (χ1) is 13.6. The third-order valence-corrected chi connectivity index (χ3v) is 5.31. The Labute approximate surface area is 173 Å². The summed E-state index contributed by atoms with van der Waals surface area (Å²) in [4.78, 5) is 8.87. The Morgan fingerprint density at radius 1 is 1.07 bits per heavy atom. The molecule has 4 aromatic rings. The van der Waals surface area contributed by atoms with Gasteiger partial charge in [0.1, 0.15) is 16.7 Å². The zero-order valence-corrected chi connectivity index (χ0v) is 17.0. The van der Waals surface area contributed by atoms with E-state index in [1.807, 2.05) is 32.2 Å². The third-order valence-electron chi connectivity index (χ3n) is 5.31. The summed E-state index contributed by atoms with van der Waals surface area (Å²) in [5.74, 6) is 0.286. The van der Waals surface area contributed by atoms with E-state index in [0.717, 1.165) is 48.4 Å². The summed E-state index contributed by atoms with van der Waals surface area (Å²) >= 11 is 0. The number of benzene rings is 1. The summed E-state index contributed by atoms with van der Waals surface area (Å²) < 4.78 is 16.6. The fraction of sp³-hybridized carbons (Fsp3) is 0.350. The highest BCUT2D eigenvalue weighted by Gasteiger charge is 2.19. The molecule has 0 radical (unpaired) electrons. The largest absolute Gasteiger partial charge is 0.317 e. The van der Waals surface area contributed by atoms with Gasteiger partial charge in [-0.05, 0) is 75.0 Å². The Balaban J connectivity index is 0.00000205. The van der Waals surface area contributed by atoms with Crippen LogP contribution in [0.15, 0.2) is 24.4 Å².